The lowest BCUT2D eigenvalue weighted by Crippen LogP contribution is -2.49. The Morgan fingerprint density at radius 1 is 0.630 bits per heavy atom. The smallest absolute Gasteiger partial charge is 0.330 e. The van der Waals surface area contributed by atoms with Gasteiger partial charge in [-0.15, -0.1) is 29.1 Å². The number of anilines is 2. The molecule has 0 spiro atoms. The molecule has 0 unspecified atom stereocenters. The number of phenols is 2. The van der Waals surface area contributed by atoms with Crippen LogP contribution in [0.1, 0.15) is 68.4 Å². The maximum atomic E-state index is 13.0. The van der Waals surface area contributed by atoms with Gasteiger partial charge in [0, 0.05) is 22.2 Å². The van der Waals surface area contributed by atoms with E-state index in [0.29, 0.717) is 55.7 Å². The highest BCUT2D eigenvalue weighted by Gasteiger charge is 2.27. The molecule has 0 saturated heterocycles. The van der Waals surface area contributed by atoms with Crippen LogP contribution in [-0.2, 0) is 19.1 Å². The lowest BCUT2D eigenvalue weighted by molar-refractivity contribution is -0.143. The molecule has 6 rings (SSSR count). The molecule has 0 saturated carbocycles. The molecule has 2 atom stereocenters. The van der Waals surface area contributed by atoms with Crippen LogP contribution in [0.3, 0.4) is 0 Å². The van der Waals surface area contributed by atoms with Gasteiger partial charge in [-0.05, 0) is 110 Å². The van der Waals surface area contributed by atoms with Crippen molar-refractivity contribution in [3.05, 3.63) is 136 Å². The molecular formula is C50H51IN10O10S2. The number of phenolic OH excluding ortho intramolecular Hbond substituents is 2. The van der Waals surface area contributed by atoms with Gasteiger partial charge in [-0.2, -0.15) is 0 Å². The van der Waals surface area contributed by atoms with Crippen LogP contribution in [0.5, 0.6) is 11.5 Å². The van der Waals surface area contributed by atoms with Crippen molar-refractivity contribution in [2.24, 2.45) is 0 Å². The van der Waals surface area contributed by atoms with Gasteiger partial charge in [-0.3, -0.25) is 19.2 Å². The number of thiophene rings is 2. The van der Waals surface area contributed by atoms with Crippen molar-refractivity contribution in [2.75, 3.05) is 51.0 Å². The van der Waals surface area contributed by atoms with Crippen LogP contribution in [-0.4, -0.2) is 118 Å². The van der Waals surface area contributed by atoms with Gasteiger partial charge in [-0.1, -0.05) is 42.0 Å². The summed E-state index contributed by atoms with van der Waals surface area (Å²) in [5.74, 6) is 6.11. The Morgan fingerprint density at radius 2 is 1.07 bits per heavy atom. The van der Waals surface area contributed by atoms with E-state index in [9.17, 15) is 33.9 Å². The van der Waals surface area contributed by atoms with Crippen LogP contribution >= 0.6 is 45.3 Å². The summed E-state index contributed by atoms with van der Waals surface area (Å²) >= 11 is 4.68. The highest BCUT2D eigenvalue weighted by Crippen LogP contribution is 2.16. The number of carbonyl (C=O) groups excluding carboxylic acids is 6. The van der Waals surface area contributed by atoms with Crippen molar-refractivity contribution in [2.45, 2.75) is 39.8 Å². The summed E-state index contributed by atoms with van der Waals surface area (Å²) in [4.78, 5) is 92.4. The highest BCUT2D eigenvalue weighted by molar-refractivity contribution is 14.1. The van der Waals surface area contributed by atoms with Crippen molar-refractivity contribution < 1.29 is 48.5 Å². The first-order chi connectivity index (χ1) is 34.9. The molecule has 0 aliphatic carbocycles. The Hall–Kier alpha value is -8.13. The maximum Gasteiger partial charge on any atom is 0.330 e. The molecular weight excluding hydrogens is 1090 g/mol. The van der Waals surface area contributed by atoms with E-state index in [-0.39, 0.29) is 54.9 Å². The topological polar surface area (TPSA) is 285 Å². The first kappa shape index (κ1) is 57.4. The Kier molecular flexibility index (Phi) is 23.0. The molecule has 0 aliphatic rings. The second kappa shape index (κ2) is 29.3. The molecule has 0 fully saturated rings. The highest BCUT2D eigenvalue weighted by atomic mass is 127. The number of benzene rings is 2. The van der Waals surface area contributed by atoms with E-state index in [1.54, 1.807) is 99.1 Å². The molecule has 2 aromatic carbocycles. The molecule has 20 nitrogen and oxygen atoms in total. The Balaban J connectivity index is 0.000000278. The fourth-order valence-electron chi connectivity index (χ4n) is 6.22. The van der Waals surface area contributed by atoms with E-state index in [0.717, 1.165) is 3.57 Å². The molecule has 380 valence electrons. The number of nitrogens with one attached hydrogen (secondary N) is 6. The summed E-state index contributed by atoms with van der Waals surface area (Å²) in [5.41, 5.74) is 2.74. The van der Waals surface area contributed by atoms with Crippen molar-refractivity contribution >= 4 is 92.7 Å². The quantitative estimate of drug-likeness (QED) is 0.0363. The number of halogens is 1. The number of carbonyl (C=O) groups is 6. The fraction of sp³-hybridized carbons (Fsp3) is 0.240. The summed E-state index contributed by atoms with van der Waals surface area (Å²) in [6.45, 7) is 6.82. The fourth-order valence-corrected chi connectivity index (χ4v) is 8.03. The predicted molar refractivity (Wildman–Crippen MR) is 284 cm³/mol. The zero-order chi connectivity index (χ0) is 53.5. The first-order valence-corrected chi connectivity index (χ1v) is 24.5. The number of ether oxygens (including phenoxy) is 2. The minimum atomic E-state index is -1.10. The second-order valence-electron chi connectivity index (χ2n) is 14.9. The first-order valence-electron chi connectivity index (χ1n) is 21.7. The maximum absolute atomic E-state index is 13.0. The SMILES string of the molecule is C#CCNc1nc(C)c(C(=O)N[C@@H](CNC(=O)c2cccs2)C(=O)OC)c(C)n1.COC(=O)[C@H](CNC(=O)c1cccs1)NC(=O)c1c(C)nc(NCC#Cc2cccc(O)c2)nc1C.Oc1cccc(I)c1. The molecule has 4 heterocycles. The molecule has 0 bridgehead atoms. The van der Waals surface area contributed by atoms with E-state index >= 15 is 0 Å². The molecule has 0 aliphatic heterocycles. The van der Waals surface area contributed by atoms with Crippen LogP contribution in [0.2, 0.25) is 0 Å². The van der Waals surface area contributed by atoms with Gasteiger partial charge in [0.25, 0.3) is 23.6 Å². The number of rotatable bonds is 16. The third kappa shape index (κ3) is 18.5. The van der Waals surface area contributed by atoms with Gasteiger partial charge in [0.15, 0.2) is 0 Å². The number of hydrogen-bond acceptors (Lipinski definition) is 18. The van der Waals surface area contributed by atoms with E-state index in [1.165, 1.54) is 36.9 Å². The monoisotopic (exact) mass is 1140 g/mol. The number of aryl methyl sites for hydroxylation is 4. The molecule has 8 N–H and O–H groups in total. The zero-order valence-corrected chi connectivity index (χ0v) is 44.1. The van der Waals surface area contributed by atoms with E-state index in [4.69, 9.17) is 21.0 Å². The van der Waals surface area contributed by atoms with Crippen LogP contribution < -0.4 is 31.9 Å². The number of esters is 2. The van der Waals surface area contributed by atoms with E-state index < -0.39 is 35.8 Å². The van der Waals surface area contributed by atoms with Crippen molar-refractivity contribution in [1.29, 1.82) is 0 Å². The average Bonchev–Trinajstić information content (AvgIpc) is 4.11. The van der Waals surface area contributed by atoms with Crippen molar-refractivity contribution in [1.82, 2.24) is 41.2 Å². The lowest BCUT2D eigenvalue weighted by atomic mass is 10.1. The molecule has 6 aromatic rings. The van der Waals surface area contributed by atoms with Gasteiger partial charge in [0.2, 0.25) is 11.9 Å². The normalized spacial score (nSPS) is 10.8. The molecule has 4 aromatic heterocycles. The van der Waals surface area contributed by atoms with Crippen LogP contribution in [0, 0.1) is 55.4 Å². The molecule has 23 heteroatoms. The Labute approximate surface area is 442 Å². The third-order valence-electron chi connectivity index (χ3n) is 9.57. The summed E-state index contributed by atoms with van der Waals surface area (Å²) in [7, 11) is 2.40. The minimum absolute atomic E-state index is 0.129. The number of hydrogen-bond donors (Lipinski definition) is 8. The van der Waals surface area contributed by atoms with Crippen molar-refractivity contribution in [3.8, 4) is 35.7 Å². The van der Waals surface area contributed by atoms with Gasteiger partial charge < -0.3 is 51.6 Å². The summed E-state index contributed by atoms with van der Waals surface area (Å²) < 4.78 is 10.6. The van der Waals surface area contributed by atoms with Crippen LogP contribution in [0.25, 0.3) is 0 Å². The lowest BCUT2D eigenvalue weighted by Gasteiger charge is -2.18. The zero-order valence-electron chi connectivity index (χ0n) is 40.3. The minimum Gasteiger partial charge on any atom is -0.508 e. The number of terminal acetylenes is 1. The molecule has 4 amide bonds. The number of amides is 4. The summed E-state index contributed by atoms with van der Waals surface area (Å²) in [6, 6.07) is 18.3. The number of methoxy groups -OCH3 is 2. The molecule has 73 heavy (non-hydrogen) atoms. The third-order valence-corrected chi connectivity index (χ3v) is 12.0. The Bertz CT molecular complexity index is 2930. The number of aromatic nitrogens is 4. The largest absolute Gasteiger partial charge is 0.508 e. The number of aromatic hydroxyl groups is 2. The predicted octanol–water partition coefficient (Wildman–Crippen LogP) is 4.92. The van der Waals surface area contributed by atoms with Crippen molar-refractivity contribution in [3.63, 3.8) is 0 Å². The number of nitrogens with zero attached hydrogens (tertiary/aromatic N) is 4. The van der Waals surface area contributed by atoms with Gasteiger partial charge >= 0.3 is 11.9 Å². The van der Waals surface area contributed by atoms with E-state index in [1.807, 2.05) is 12.1 Å². The van der Waals surface area contributed by atoms with E-state index in [2.05, 4.69) is 92.2 Å². The van der Waals surface area contributed by atoms with Gasteiger partial charge in [0.1, 0.15) is 23.6 Å². The van der Waals surface area contributed by atoms with Crippen LogP contribution in [0.4, 0.5) is 11.9 Å². The standard InChI is InChI=1S/C25H25N5O5S.C19H21N5O4S.C6H5IO/c1-15-21(16(2)29-25(28-15)26-11-5-8-17-7-4-9-18(31)13-17)23(33)30-19(24(34)35-3)14-27-22(32)20-10-6-12-36-20;1-5-8-20-19-22-11(2)15(12(3)23-19)17(26)24-13(18(27)28-4)10-21-16(25)14-7-6-9-29-14;7-5-2-1-3-6(8)4-5/h4,6-7,9-10,12-13,19,31H,11,14H2,1-3H3,(H,27,32)(H,30,33)(H,26,28,29);1,6-7,9,13H,8,10H2,2-4H3,(H,21,25)(H,24,26)(H,20,22,23);1-4,8H/t19-;13-;/m00./s1. The Morgan fingerprint density at radius 3 is 1.44 bits per heavy atom. The molecule has 0 radical (unpaired) electrons. The summed E-state index contributed by atoms with van der Waals surface area (Å²) in [5, 5.41) is 38.1. The second-order valence-corrected chi connectivity index (χ2v) is 18.0. The summed E-state index contributed by atoms with van der Waals surface area (Å²) in [6.07, 6.45) is 5.20. The average molecular weight is 1140 g/mol. The van der Waals surface area contributed by atoms with Crippen LogP contribution in [0.15, 0.2) is 83.6 Å². The van der Waals surface area contributed by atoms with Gasteiger partial charge in [-0.25, -0.2) is 29.5 Å². The van der Waals surface area contributed by atoms with Gasteiger partial charge in [0.05, 0.1) is 71.0 Å².